The molecular formula is C12H22N4O. The maximum atomic E-state index is 8.97. The monoisotopic (exact) mass is 238 g/mol. The van der Waals surface area contributed by atoms with Crippen molar-refractivity contribution in [1.29, 1.82) is 0 Å². The van der Waals surface area contributed by atoms with Gasteiger partial charge >= 0.3 is 0 Å². The van der Waals surface area contributed by atoms with Crippen molar-refractivity contribution in [2.24, 2.45) is 18.7 Å². The Labute approximate surface area is 102 Å². The van der Waals surface area contributed by atoms with Crippen LogP contribution in [0.25, 0.3) is 0 Å². The van der Waals surface area contributed by atoms with Gasteiger partial charge < -0.3 is 10.8 Å². The molecule has 0 amide bonds. The van der Waals surface area contributed by atoms with Crippen LogP contribution in [0.15, 0.2) is 12.4 Å². The molecule has 1 saturated heterocycles. The molecule has 2 atom stereocenters. The molecule has 1 aromatic rings. The van der Waals surface area contributed by atoms with Crippen LogP contribution in [-0.2, 0) is 7.05 Å². The Morgan fingerprint density at radius 1 is 1.65 bits per heavy atom. The zero-order valence-electron chi connectivity index (χ0n) is 10.4. The third kappa shape index (κ3) is 2.86. The fraction of sp³-hybridized carbons (Fsp3) is 0.750. The average molecular weight is 238 g/mol. The summed E-state index contributed by atoms with van der Waals surface area (Å²) in [7, 11) is 1.93. The minimum absolute atomic E-state index is 0.271. The molecule has 0 radical (unpaired) electrons. The van der Waals surface area contributed by atoms with E-state index >= 15 is 0 Å². The highest BCUT2D eigenvalue weighted by atomic mass is 16.3. The lowest BCUT2D eigenvalue weighted by atomic mass is 10.1. The SMILES string of the molecule is Cn1cc(C(CN)N2CCC(CCO)C2)cn1. The molecule has 0 spiro atoms. The molecule has 5 heteroatoms. The second-order valence-electron chi connectivity index (χ2n) is 4.86. The first-order valence-corrected chi connectivity index (χ1v) is 6.28. The van der Waals surface area contributed by atoms with Crippen molar-refractivity contribution in [3.63, 3.8) is 0 Å². The summed E-state index contributed by atoms with van der Waals surface area (Å²) in [6.07, 6.45) is 6.01. The van der Waals surface area contributed by atoms with Gasteiger partial charge in [0.25, 0.3) is 0 Å². The number of aryl methyl sites for hydroxylation is 1. The summed E-state index contributed by atoms with van der Waals surface area (Å²) in [4.78, 5) is 2.41. The first-order valence-electron chi connectivity index (χ1n) is 6.28. The zero-order valence-corrected chi connectivity index (χ0v) is 10.4. The number of aromatic nitrogens is 2. The summed E-state index contributed by atoms with van der Waals surface area (Å²) in [5.41, 5.74) is 7.08. The van der Waals surface area contributed by atoms with Gasteiger partial charge in [-0.05, 0) is 25.3 Å². The molecule has 0 saturated carbocycles. The number of nitrogens with zero attached hydrogens (tertiary/aromatic N) is 3. The van der Waals surface area contributed by atoms with E-state index in [1.807, 2.05) is 24.1 Å². The molecule has 1 aromatic heterocycles. The summed E-state index contributed by atoms with van der Waals surface area (Å²) in [5, 5.41) is 13.2. The topological polar surface area (TPSA) is 67.3 Å². The van der Waals surface area contributed by atoms with Crippen molar-refractivity contribution in [1.82, 2.24) is 14.7 Å². The molecule has 2 rings (SSSR count). The fourth-order valence-corrected chi connectivity index (χ4v) is 2.67. The largest absolute Gasteiger partial charge is 0.396 e. The van der Waals surface area contributed by atoms with Gasteiger partial charge in [-0.1, -0.05) is 0 Å². The lowest BCUT2D eigenvalue weighted by molar-refractivity contribution is 0.222. The van der Waals surface area contributed by atoms with Gasteiger partial charge in [0.15, 0.2) is 0 Å². The Balaban J connectivity index is 2.00. The van der Waals surface area contributed by atoms with Crippen LogP contribution in [0.5, 0.6) is 0 Å². The van der Waals surface area contributed by atoms with Crippen molar-refractivity contribution in [3.05, 3.63) is 18.0 Å². The minimum Gasteiger partial charge on any atom is -0.396 e. The van der Waals surface area contributed by atoms with E-state index < -0.39 is 0 Å². The van der Waals surface area contributed by atoms with Crippen LogP contribution < -0.4 is 5.73 Å². The zero-order chi connectivity index (χ0) is 12.3. The van der Waals surface area contributed by atoms with Crippen LogP contribution in [0.1, 0.15) is 24.4 Å². The van der Waals surface area contributed by atoms with Crippen molar-refractivity contribution >= 4 is 0 Å². The van der Waals surface area contributed by atoms with E-state index in [2.05, 4.69) is 10.00 Å². The van der Waals surface area contributed by atoms with E-state index in [0.717, 1.165) is 25.9 Å². The lowest BCUT2D eigenvalue weighted by Crippen LogP contribution is -2.32. The van der Waals surface area contributed by atoms with Crippen molar-refractivity contribution < 1.29 is 5.11 Å². The number of hydrogen-bond acceptors (Lipinski definition) is 4. The molecule has 1 aliphatic rings. The summed E-state index contributed by atoms with van der Waals surface area (Å²) >= 11 is 0. The van der Waals surface area contributed by atoms with Crippen molar-refractivity contribution in [3.8, 4) is 0 Å². The van der Waals surface area contributed by atoms with Gasteiger partial charge in [-0.3, -0.25) is 9.58 Å². The smallest absolute Gasteiger partial charge is 0.0538 e. The molecule has 3 N–H and O–H groups in total. The minimum atomic E-state index is 0.271. The summed E-state index contributed by atoms with van der Waals surface area (Å²) in [5.74, 6) is 0.616. The number of aliphatic hydroxyl groups excluding tert-OH is 1. The summed E-state index contributed by atoms with van der Waals surface area (Å²) in [6.45, 7) is 3.02. The van der Waals surface area contributed by atoms with Gasteiger partial charge in [0.05, 0.1) is 12.2 Å². The number of nitrogens with two attached hydrogens (primary N) is 1. The van der Waals surface area contributed by atoms with Crippen LogP contribution in [0.3, 0.4) is 0 Å². The number of rotatable bonds is 5. The van der Waals surface area contributed by atoms with Gasteiger partial charge in [0.2, 0.25) is 0 Å². The third-order valence-corrected chi connectivity index (χ3v) is 3.63. The molecule has 0 aliphatic carbocycles. The van der Waals surface area contributed by atoms with E-state index in [0.29, 0.717) is 19.1 Å². The van der Waals surface area contributed by atoms with Gasteiger partial charge in [0, 0.05) is 38.5 Å². The standard InChI is InChI=1S/C12H22N4O/c1-15-9-11(7-14-15)12(6-13)16-4-2-10(8-16)3-5-17/h7,9-10,12,17H,2-6,8,13H2,1H3. The first kappa shape index (κ1) is 12.5. The second kappa shape index (κ2) is 5.62. The Bertz CT molecular complexity index is 352. The first-order chi connectivity index (χ1) is 8.24. The Morgan fingerprint density at radius 3 is 3.06 bits per heavy atom. The Hall–Kier alpha value is -0.910. The quantitative estimate of drug-likeness (QED) is 0.765. The average Bonchev–Trinajstić information content (AvgIpc) is 2.91. The number of likely N-dealkylation sites (tertiary alicyclic amines) is 1. The van der Waals surface area contributed by atoms with Crippen molar-refractivity contribution in [2.45, 2.75) is 18.9 Å². The molecule has 2 unspecified atom stereocenters. The molecule has 0 bridgehead atoms. The molecule has 1 fully saturated rings. The number of hydrogen-bond donors (Lipinski definition) is 2. The summed E-state index contributed by atoms with van der Waals surface area (Å²) in [6, 6.07) is 0.271. The van der Waals surface area contributed by atoms with Crippen molar-refractivity contribution in [2.75, 3.05) is 26.2 Å². The van der Waals surface area contributed by atoms with Gasteiger partial charge in [-0.2, -0.15) is 5.10 Å². The fourth-order valence-electron chi connectivity index (χ4n) is 2.67. The molecular weight excluding hydrogens is 216 g/mol. The highest BCUT2D eigenvalue weighted by Gasteiger charge is 2.28. The lowest BCUT2D eigenvalue weighted by Gasteiger charge is -2.25. The predicted molar refractivity (Wildman–Crippen MR) is 66.4 cm³/mol. The molecule has 96 valence electrons. The van der Waals surface area contributed by atoms with Crippen LogP contribution in [0.4, 0.5) is 0 Å². The molecule has 5 nitrogen and oxygen atoms in total. The molecule has 0 aromatic carbocycles. The summed E-state index contributed by atoms with van der Waals surface area (Å²) < 4.78 is 1.82. The maximum absolute atomic E-state index is 8.97. The normalized spacial score (nSPS) is 23.1. The van der Waals surface area contributed by atoms with E-state index in [-0.39, 0.29) is 6.04 Å². The highest BCUT2D eigenvalue weighted by molar-refractivity contribution is 5.11. The van der Waals surface area contributed by atoms with E-state index in [1.54, 1.807) is 0 Å². The third-order valence-electron chi connectivity index (χ3n) is 3.63. The van der Waals surface area contributed by atoms with Crippen LogP contribution in [-0.4, -0.2) is 46.0 Å². The Kier molecular flexibility index (Phi) is 4.15. The van der Waals surface area contributed by atoms with E-state index in [1.165, 1.54) is 5.56 Å². The van der Waals surface area contributed by atoms with Crippen LogP contribution >= 0.6 is 0 Å². The van der Waals surface area contributed by atoms with E-state index in [4.69, 9.17) is 10.8 Å². The molecule has 17 heavy (non-hydrogen) atoms. The van der Waals surface area contributed by atoms with Gasteiger partial charge in [-0.25, -0.2) is 0 Å². The predicted octanol–water partition coefficient (Wildman–Crippen LogP) is 0.124. The number of aliphatic hydroxyl groups is 1. The molecule has 2 heterocycles. The van der Waals surface area contributed by atoms with Gasteiger partial charge in [0.1, 0.15) is 0 Å². The van der Waals surface area contributed by atoms with Crippen LogP contribution in [0.2, 0.25) is 0 Å². The van der Waals surface area contributed by atoms with Crippen LogP contribution in [0, 0.1) is 5.92 Å². The van der Waals surface area contributed by atoms with Gasteiger partial charge in [-0.15, -0.1) is 0 Å². The maximum Gasteiger partial charge on any atom is 0.0538 e. The second-order valence-corrected chi connectivity index (χ2v) is 4.86. The van der Waals surface area contributed by atoms with E-state index in [9.17, 15) is 0 Å². The molecule has 1 aliphatic heterocycles. The Morgan fingerprint density at radius 2 is 2.47 bits per heavy atom. The highest BCUT2D eigenvalue weighted by Crippen LogP contribution is 2.28.